The molecule has 0 atom stereocenters. The molecular weight excluding hydrogens is 975 g/mol. The Bertz CT molecular complexity index is 2820. The van der Waals surface area contributed by atoms with Crippen molar-refractivity contribution in [2.45, 2.75) is 93.9 Å². The van der Waals surface area contributed by atoms with Crippen molar-refractivity contribution in [1.29, 1.82) is 0 Å². The van der Waals surface area contributed by atoms with E-state index in [9.17, 15) is 19.2 Å². The largest absolute Gasteiger partial charge is 0.355 e. The molecule has 3 saturated heterocycles. The minimum Gasteiger partial charge on any atom is -0.355 e. The number of nitrogens with one attached hydrogen (secondary N) is 2. The highest BCUT2D eigenvalue weighted by Gasteiger charge is 2.28. The number of rotatable bonds is 10. The quantitative estimate of drug-likeness (QED) is 0.100. The van der Waals surface area contributed by atoms with E-state index < -0.39 is 11.7 Å². The molecule has 15 nitrogen and oxygen atoms in total. The molecule has 3 fully saturated rings. The molecule has 9 rings (SSSR count). The fraction of sp³-hybridized carbons (Fsp3) is 0.413. The molecule has 6 heterocycles. The van der Waals surface area contributed by atoms with Gasteiger partial charge in [-0.25, -0.2) is 24.5 Å². The number of anilines is 5. The Kier molecular flexibility index (Phi) is 21.7. The summed E-state index contributed by atoms with van der Waals surface area (Å²) < 4.78 is 0. The van der Waals surface area contributed by atoms with Gasteiger partial charge in [0.25, 0.3) is 5.91 Å². The number of hydrogen-bond donors (Lipinski definition) is 2. The number of benzene rings is 3. The number of nitrogens with zero attached hydrogens (tertiary/aromatic N) is 9. The number of aryl methyl sites for hydroxylation is 3. The number of ketones is 1. The van der Waals surface area contributed by atoms with Crippen LogP contribution in [0.4, 0.5) is 38.4 Å². The highest BCUT2D eigenvalue weighted by Crippen LogP contribution is 2.22. The van der Waals surface area contributed by atoms with Gasteiger partial charge in [0.2, 0.25) is 5.78 Å². The molecule has 3 aliphatic heterocycles. The van der Waals surface area contributed by atoms with Crippen molar-refractivity contribution in [3.05, 3.63) is 167 Å². The van der Waals surface area contributed by atoms with E-state index in [-0.39, 0.29) is 19.5 Å². The maximum absolute atomic E-state index is 12.6. The molecule has 0 bridgehead atoms. The normalized spacial score (nSPS) is 14.6. The average Bonchev–Trinajstić information content (AvgIpc) is 3.71. The summed E-state index contributed by atoms with van der Waals surface area (Å²) in [5.74, 6) is 3.43. The van der Waals surface area contributed by atoms with E-state index in [1.807, 2.05) is 104 Å². The zero-order chi connectivity index (χ0) is 55.0. The predicted molar refractivity (Wildman–Crippen MR) is 319 cm³/mol. The van der Waals surface area contributed by atoms with Gasteiger partial charge in [-0.1, -0.05) is 116 Å². The number of hydrogen-bond acceptors (Lipinski definition) is 10. The minimum atomic E-state index is -0.429. The molecule has 3 aromatic carbocycles. The Morgan fingerprint density at radius 3 is 1.05 bits per heavy atom. The minimum absolute atomic E-state index is 0. The van der Waals surface area contributed by atoms with Crippen LogP contribution in [0.15, 0.2) is 128 Å². The predicted octanol–water partition coefficient (Wildman–Crippen LogP) is 11.8. The van der Waals surface area contributed by atoms with Gasteiger partial charge in [-0.2, -0.15) is 0 Å². The van der Waals surface area contributed by atoms with E-state index in [0.717, 1.165) is 90.2 Å². The molecule has 78 heavy (non-hydrogen) atoms. The van der Waals surface area contributed by atoms with Crippen molar-refractivity contribution >= 4 is 52.6 Å². The summed E-state index contributed by atoms with van der Waals surface area (Å²) in [4.78, 5) is 75.5. The van der Waals surface area contributed by atoms with Crippen molar-refractivity contribution in [1.82, 2.24) is 29.7 Å². The van der Waals surface area contributed by atoms with Crippen LogP contribution in [-0.4, -0.2) is 132 Å². The lowest BCUT2D eigenvalue weighted by Crippen LogP contribution is -2.50. The third kappa shape index (κ3) is 16.8. The number of Topliss-reactive ketones (excluding diaryl/α,β-unsaturated/α-hetero) is 1. The number of carbonyl (C=O) groups is 4. The lowest BCUT2D eigenvalue weighted by Gasteiger charge is -2.35. The Morgan fingerprint density at radius 1 is 0.397 bits per heavy atom. The molecule has 3 aliphatic rings. The van der Waals surface area contributed by atoms with Gasteiger partial charge in [-0.15, -0.1) is 0 Å². The highest BCUT2D eigenvalue weighted by molar-refractivity contribution is 6.42. The molecule has 414 valence electrons. The fourth-order valence-corrected chi connectivity index (χ4v) is 9.16. The van der Waals surface area contributed by atoms with Gasteiger partial charge < -0.3 is 40.0 Å². The van der Waals surface area contributed by atoms with E-state index in [2.05, 4.69) is 124 Å². The van der Waals surface area contributed by atoms with Gasteiger partial charge in [0.05, 0.1) is 0 Å². The Morgan fingerprint density at radius 2 is 0.718 bits per heavy atom. The Labute approximate surface area is 464 Å². The van der Waals surface area contributed by atoms with Crippen molar-refractivity contribution in [2.75, 3.05) is 104 Å². The first kappa shape index (κ1) is 59.4. The maximum Gasteiger partial charge on any atom is 0.321 e. The first-order chi connectivity index (χ1) is 37.0. The standard InChI is InChI=1S/C21H28N4O.C21H25N3O2.C20H26N4O.CH4/c1-16(2)18-6-8-19(9-7-18)23-21(26)25-12-4-11-24(13-14-25)20-10-5-17(3)15-22-20;1-15(2)17-5-7-18(8-6-17)20(25)21(26)24-12-10-23(11-13-24)19-9-4-16(3)14-22-19;1-15(2)17-5-7-18(8-6-17)22-20(25)24-12-10-23(11-13-24)19-9-4-16(3)14-21-19;/h5-10,15-16H,4,11-14H2,1-3H3,(H,23,26);4-9,14-15H,10-13H2,1-3H3;4-9,14-15H,10-13H2,1-3H3,(H,22,25);1H4. The van der Waals surface area contributed by atoms with Gasteiger partial charge in [0.15, 0.2) is 0 Å². The molecule has 2 N–H and O–H groups in total. The van der Waals surface area contributed by atoms with Crippen molar-refractivity contribution < 1.29 is 19.2 Å². The summed E-state index contributed by atoms with van der Waals surface area (Å²) in [6.45, 7) is 27.6. The molecule has 5 amide bonds. The van der Waals surface area contributed by atoms with Gasteiger partial charge in [0.1, 0.15) is 17.5 Å². The number of urea groups is 2. The van der Waals surface area contributed by atoms with E-state index in [1.54, 1.807) is 17.0 Å². The van der Waals surface area contributed by atoms with E-state index >= 15 is 0 Å². The monoisotopic (exact) mass is 1060 g/mol. The smallest absolute Gasteiger partial charge is 0.321 e. The van der Waals surface area contributed by atoms with Crippen LogP contribution in [0.25, 0.3) is 0 Å². The van der Waals surface area contributed by atoms with Gasteiger partial charge in [-0.05, 0) is 121 Å². The molecule has 6 aromatic rings. The molecular formula is C63H83N11O4. The van der Waals surface area contributed by atoms with Crippen LogP contribution in [0.1, 0.15) is 117 Å². The third-order valence-electron chi connectivity index (χ3n) is 14.3. The molecule has 0 saturated carbocycles. The first-order valence-electron chi connectivity index (χ1n) is 27.3. The van der Waals surface area contributed by atoms with Crippen LogP contribution >= 0.6 is 0 Å². The highest BCUT2D eigenvalue weighted by atomic mass is 16.2. The zero-order valence-corrected chi connectivity index (χ0v) is 46.7. The first-order valence-corrected chi connectivity index (χ1v) is 27.3. The van der Waals surface area contributed by atoms with Crippen molar-refractivity contribution in [3.63, 3.8) is 0 Å². The lowest BCUT2D eigenvalue weighted by molar-refractivity contribution is -0.126. The maximum atomic E-state index is 12.6. The summed E-state index contributed by atoms with van der Waals surface area (Å²) in [5, 5.41) is 6.01. The van der Waals surface area contributed by atoms with Crippen LogP contribution in [0.2, 0.25) is 0 Å². The molecule has 3 aromatic heterocycles. The second kappa shape index (κ2) is 28.5. The van der Waals surface area contributed by atoms with Crippen LogP contribution in [0, 0.1) is 20.8 Å². The van der Waals surface area contributed by atoms with Crippen molar-refractivity contribution in [2.24, 2.45) is 0 Å². The molecule has 15 heteroatoms. The van der Waals surface area contributed by atoms with Crippen LogP contribution < -0.4 is 25.3 Å². The second-order valence-corrected chi connectivity index (χ2v) is 21.2. The molecule has 0 radical (unpaired) electrons. The third-order valence-corrected chi connectivity index (χ3v) is 14.3. The Hall–Kier alpha value is -7.81. The van der Waals surface area contributed by atoms with Crippen LogP contribution in [-0.2, 0) is 4.79 Å². The molecule has 0 aliphatic carbocycles. The summed E-state index contributed by atoms with van der Waals surface area (Å²) in [6, 6.07) is 35.8. The number of piperazine rings is 2. The Balaban J connectivity index is 0.000000188. The van der Waals surface area contributed by atoms with Crippen molar-refractivity contribution in [3.8, 4) is 0 Å². The van der Waals surface area contributed by atoms with Crippen LogP contribution in [0.3, 0.4) is 0 Å². The summed E-state index contributed by atoms with van der Waals surface area (Å²) in [6.07, 6.45) is 6.56. The zero-order valence-electron chi connectivity index (χ0n) is 46.7. The number of carbonyl (C=O) groups excluding carboxylic acids is 4. The van der Waals surface area contributed by atoms with Crippen LogP contribution in [0.5, 0.6) is 0 Å². The topological polar surface area (TPSA) is 150 Å². The fourth-order valence-electron chi connectivity index (χ4n) is 9.16. The number of amides is 5. The average molecular weight is 1060 g/mol. The summed E-state index contributed by atoms with van der Waals surface area (Å²) in [5.41, 5.74) is 9.30. The van der Waals surface area contributed by atoms with E-state index in [1.165, 1.54) is 11.1 Å². The summed E-state index contributed by atoms with van der Waals surface area (Å²) in [7, 11) is 0. The summed E-state index contributed by atoms with van der Waals surface area (Å²) >= 11 is 0. The van der Waals surface area contributed by atoms with Gasteiger partial charge in [0, 0.05) is 114 Å². The molecule has 0 unspecified atom stereocenters. The lowest BCUT2D eigenvalue weighted by atomic mass is 10.00. The second-order valence-electron chi connectivity index (χ2n) is 21.2. The van der Waals surface area contributed by atoms with Gasteiger partial charge in [-0.3, -0.25) is 9.59 Å². The van der Waals surface area contributed by atoms with E-state index in [4.69, 9.17) is 0 Å². The number of pyridine rings is 3. The van der Waals surface area contributed by atoms with E-state index in [0.29, 0.717) is 69.1 Å². The number of aromatic nitrogens is 3. The van der Waals surface area contributed by atoms with Gasteiger partial charge >= 0.3 is 12.1 Å². The molecule has 0 spiro atoms. The SMILES string of the molecule is C.Cc1ccc(N2CCCN(C(=O)Nc3ccc(C(C)C)cc3)CC2)nc1.Cc1ccc(N2CCN(C(=O)C(=O)c3ccc(C(C)C)cc3)CC2)nc1.Cc1ccc(N2CCN(C(=O)Nc3ccc(C(C)C)cc3)CC2)nc1.